The summed E-state index contributed by atoms with van der Waals surface area (Å²) >= 11 is 5.77. The molecule has 0 aliphatic carbocycles. The summed E-state index contributed by atoms with van der Waals surface area (Å²) in [6.07, 6.45) is 2.99. The molecular formula is C9H8ClN3O2. The van der Waals surface area contributed by atoms with Crippen molar-refractivity contribution in [2.24, 2.45) is 5.73 Å². The van der Waals surface area contributed by atoms with Crippen LogP contribution >= 0.6 is 11.6 Å². The maximum absolute atomic E-state index is 10.5. The van der Waals surface area contributed by atoms with Gasteiger partial charge < -0.3 is 5.73 Å². The first-order valence-corrected chi connectivity index (χ1v) is 4.51. The summed E-state index contributed by atoms with van der Waals surface area (Å²) in [5.41, 5.74) is 5.36. The van der Waals surface area contributed by atoms with Gasteiger partial charge in [0.25, 0.3) is 0 Å². The summed E-state index contributed by atoms with van der Waals surface area (Å²) < 4.78 is 0. The van der Waals surface area contributed by atoms with Crippen LogP contribution in [0.4, 0.5) is 5.69 Å². The van der Waals surface area contributed by atoms with Crippen LogP contribution in [0, 0.1) is 22.0 Å². The molecule has 6 heteroatoms. The van der Waals surface area contributed by atoms with E-state index in [1.165, 1.54) is 6.20 Å². The van der Waals surface area contributed by atoms with E-state index in [4.69, 9.17) is 17.3 Å². The van der Waals surface area contributed by atoms with E-state index < -0.39 is 4.92 Å². The number of aromatic nitrogens is 1. The number of halogens is 1. The zero-order valence-electron chi connectivity index (χ0n) is 7.74. The molecule has 15 heavy (non-hydrogen) atoms. The molecular weight excluding hydrogens is 218 g/mol. The SMILES string of the molecule is NCCC#Cc1cncc([N+](=O)[O-])c1Cl. The first-order valence-electron chi connectivity index (χ1n) is 4.13. The maximum Gasteiger partial charge on any atom is 0.307 e. The summed E-state index contributed by atoms with van der Waals surface area (Å²) in [5, 5.41) is 10.5. The highest BCUT2D eigenvalue weighted by Crippen LogP contribution is 2.25. The van der Waals surface area contributed by atoms with Gasteiger partial charge in [0.2, 0.25) is 0 Å². The molecule has 0 unspecified atom stereocenters. The third kappa shape index (κ3) is 2.91. The zero-order valence-corrected chi connectivity index (χ0v) is 8.49. The maximum atomic E-state index is 10.5. The van der Waals surface area contributed by atoms with Crippen molar-refractivity contribution in [3.63, 3.8) is 0 Å². The van der Waals surface area contributed by atoms with E-state index in [0.717, 1.165) is 6.20 Å². The summed E-state index contributed by atoms with van der Waals surface area (Å²) in [5.74, 6) is 5.42. The minimum absolute atomic E-state index is 0.0134. The van der Waals surface area contributed by atoms with Crippen molar-refractivity contribution in [2.75, 3.05) is 6.54 Å². The van der Waals surface area contributed by atoms with Gasteiger partial charge >= 0.3 is 5.69 Å². The summed E-state index contributed by atoms with van der Waals surface area (Å²) in [7, 11) is 0. The molecule has 0 radical (unpaired) electrons. The monoisotopic (exact) mass is 225 g/mol. The van der Waals surface area contributed by atoms with Gasteiger partial charge in [-0.15, -0.1) is 0 Å². The first-order chi connectivity index (χ1) is 7.16. The molecule has 1 rings (SSSR count). The average Bonchev–Trinajstić information content (AvgIpc) is 2.20. The Morgan fingerprint density at radius 2 is 2.33 bits per heavy atom. The van der Waals surface area contributed by atoms with E-state index in [-0.39, 0.29) is 10.7 Å². The molecule has 0 aliphatic heterocycles. The van der Waals surface area contributed by atoms with Crippen molar-refractivity contribution in [2.45, 2.75) is 6.42 Å². The first kappa shape index (κ1) is 11.4. The lowest BCUT2D eigenvalue weighted by atomic mass is 10.2. The largest absolute Gasteiger partial charge is 0.330 e. The Morgan fingerprint density at radius 3 is 2.93 bits per heavy atom. The van der Waals surface area contributed by atoms with Crippen molar-refractivity contribution in [1.82, 2.24) is 4.98 Å². The number of nitro groups is 1. The lowest BCUT2D eigenvalue weighted by Crippen LogP contribution is -1.96. The Hall–Kier alpha value is -1.64. The minimum Gasteiger partial charge on any atom is -0.330 e. The molecule has 0 aliphatic rings. The van der Waals surface area contributed by atoms with E-state index in [9.17, 15) is 10.1 Å². The van der Waals surface area contributed by atoms with Gasteiger partial charge in [0.15, 0.2) is 0 Å². The number of nitrogens with zero attached hydrogens (tertiary/aromatic N) is 2. The van der Waals surface area contributed by atoms with Crippen LogP contribution < -0.4 is 5.73 Å². The van der Waals surface area contributed by atoms with Crippen molar-refractivity contribution >= 4 is 17.3 Å². The molecule has 0 fully saturated rings. The van der Waals surface area contributed by atoms with E-state index in [1.54, 1.807) is 0 Å². The quantitative estimate of drug-likeness (QED) is 0.468. The molecule has 0 spiro atoms. The van der Waals surface area contributed by atoms with Crippen molar-refractivity contribution in [1.29, 1.82) is 0 Å². The topological polar surface area (TPSA) is 82.0 Å². The Labute approximate surface area is 91.4 Å². The van der Waals surface area contributed by atoms with Gasteiger partial charge in [-0.2, -0.15) is 0 Å². The standard InChI is InChI=1S/C9H8ClN3O2/c10-9-7(3-1-2-4-11)5-12-6-8(9)13(14)15/h5-6H,2,4,11H2. The fraction of sp³-hybridized carbons (Fsp3) is 0.222. The fourth-order valence-corrected chi connectivity index (χ4v) is 1.09. The van der Waals surface area contributed by atoms with Gasteiger partial charge in [0.05, 0.1) is 10.5 Å². The van der Waals surface area contributed by atoms with Crippen LogP contribution in [0.3, 0.4) is 0 Å². The lowest BCUT2D eigenvalue weighted by Gasteiger charge is -1.96. The number of rotatable bonds is 2. The highest BCUT2D eigenvalue weighted by atomic mass is 35.5. The van der Waals surface area contributed by atoms with Crippen LogP contribution in [0.1, 0.15) is 12.0 Å². The summed E-state index contributed by atoms with van der Waals surface area (Å²) in [6.45, 7) is 0.437. The number of hydrogen-bond donors (Lipinski definition) is 1. The normalized spacial score (nSPS) is 9.20. The van der Waals surface area contributed by atoms with Gasteiger partial charge in [-0.1, -0.05) is 23.4 Å². The van der Waals surface area contributed by atoms with Crippen LogP contribution in [0.25, 0.3) is 0 Å². The van der Waals surface area contributed by atoms with E-state index in [2.05, 4.69) is 16.8 Å². The minimum atomic E-state index is -0.594. The third-order valence-electron chi connectivity index (χ3n) is 1.55. The van der Waals surface area contributed by atoms with Gasteiger partial charge in [-0.05, 0) is 0 Å². The van der Waals surface area contributed by atoms with Crippen LogP contribution in [-0.4, -0.2) is 16.5 Å². The van der Waals surface area contributed by atoms with Crippen molar-refractivity contribution in [3.05, 3.63) is 33.1 Å². The molecule has 0 saturated heterocycles. The lowest BCUT2D eigenvalue weighted by molar-refractivity contribution is -0.385. The van der Waals surface area contributed by atoms with Crippen LogP contribution in [0.15, 0.2) is 12.4 Å². The highest BCUT2D eigenvalue weighted by molar-refractivity contribution is 6.33. The zero-order chi connectivity index (χ0) is 11.3. The van der Waals surface area contributed by atoms with Crippen molar-refractivity contribution in [3.8, 4) is 11.8 Å². The van der Waals surface area contributed by atoms with Gasteiger partial charge in [0, 0.05) is 19.2 Å². The van der Waals surface area contributed by atoms with Gasteiger partial charge in [0.1, 0.15) is 11.2 Å². The summed E-state index contributed by atoms with van der Waals surface area (Å²) in [4.78, 5) is 13.6. The smallest absolute Gasteiger partial charge is 0.307 e. The van der Waals surface area contributed by atoms with Crippen LogP contribution in [0.2, 0.25) is 5.02 Å². The van der Waals surface area contributed by atoms with Gasteiger partial charge in [-0.25, -0.2) is 0 Å². The molecule has 0 saturated carbocycles. The second-order valence-electron chi connectivity index (χ2n) is 2.62. The molecule has 0 amide bonds. The Balaban J connectivity index is 3.06. The van der Waals surface area contributed by atoms with Gasteiger partial charge in [-0.3, -0.25) is 15.1 Å². The van der Waals surface area contributed by atoms with Crippen LogP contribution in [-0.2, 0) is 0 Å². The predicted molar refractivity (Wildman–Crippen MR) is 56.5 cm³/mol. The average molecular weight is 226 g/mol. The summed E-state index contributed by atoms with van der Waals surface area (Å²) in [6, 6.07) is 0. The Morgan fingerprint density at radius 1 is 1.60 bits per heavy atom. The van der Waals surface area contributed by atoms with Crippen LogP contribution in [0.5, 0.6) is 0 Å². The molecule has 1 aromatic rings. The third-order valence-corrected chi connectivity index (χ3v) is 1.95. The predicted octanol–water partition coefficient (Wildman–Crippen LogP) is 1.34. The number of pyridine rings is 1. The second kappa shape index (κ2) is 5.29. The Kier molecular flexibility index (Phi) is 4.03. The number of hydrogen-bond acceptors (Lipinski definition) is 4. The molecule has 2 N–H and O–H groups in total. The van der Waals surface area contributed by atoms with E-state index in [1.807, 2.05) is 0 Å². The molecule has 1 aromatic heterocycles. The fourth-order valence-electron chi connectivity index (χ4n) is 0.878. The Bertz CT molecular complexity index is 437. The van der Waals surface area contributed by atoms with E-state index in [0.29, 0.717) is 18.5 Å². The molecule has 1 heterocycles. The molecule has 0 bridgehead atoms. The second-order valence-corrected chi connectivity index (χ2v) is 3.00. The molecule has 0 aromatic carbocycles. The highest BCUT2D eigenvalue weighted by Gasteiger charge is 2.14. The van der Waals surface area contributed by atoms with E-state index >= 15 is 0 Å². The molecule has 5 nitrogen and oxygen atoms in total. The number of nitrogens with two attached hydrogens (primary N) is 1. The van der Waals surface area contributed by atoms with Crippen molar-refractivity contribution < 1.29 is 4.92 Å². The molecule has 78 valence electrons. The molecule has 0 atom stereocenters.